The van der Waals surface area contributed by atoms with Gasteiger partial charge in [-0.25, -0.2) is 0 Å². The molecule has 7 heteroatoms. The summed E-state index contributed by atoms with van der Waals surface area (Å²) in [5.41, 5.74) is 2.86. The zero-order valence-corrected chi connectivity index (χ0v) is 15.5. The van der Waals surface area contributed by atoms with Gasteiger partial charge >= 0.3 is 0 Å². The molecular weight excluding hydrogens is 346 g/mol. The van der Waals surface area contributed by atoms with Crippen molar-refractivity contribution in [2.45, 2.75) is 43.7 Å². The highest BCUT2D eigenvalue weighted by molar-refractivity contribution is 7.99. The van der Waals surface area contributed by atoms with Crippen LogP contribution in [0.3, 0.4) is 0 Å². The molecule has 4 rings (SSSR count). The molecule has 1 aromatic carbocycles. The largest absolute Gasteiger partial charge is 0.353 e. The lowest BCUT2D eigenvalue weighted by Crippen LogP contribution is -2.33. The number of fused-ring (bicyclic) bond motifs is 1. The van der Waals surface area contributed by atoms with Crippen molar-refractivity contribution in [3.05, 3.63) is 42.0 Å². The summed E-state index contributed by atoms with van der Waals surface area (Å²) in [5, 5.41) is 16.9. The van der Waals surface area contributed by atoms with Crippen LogP contribution >= 0.6 is 11.8 Å². The molecule has 0 unspecified atom stereocenters. The van der Waals surface area contributed by atoms with Gasteiger partial charge in [0.25, 0.3) is 0 Å². The number of thioether (sulfide) groups is 1. The molecule has 2 aromatic heterocycles. The molecule has 1 fully saturated rings. The number of carbonyl (C=O) groups excluding carboxylic acids is 1. The summed E-state index contributed by atoms with van der Waals surface area (Å²) < 4.78 is 1.74. The summed E-state index contributed by atoms with van der Waals surface area (Å²) in [6, 6.07) is 12.2. The van der Waals surface area contributed by atoms with Crippen LogP contribution in [-0.2, 0) is 4.79 Å². The number of carbonyl (C=O) groups is 1. The zero-order chi connectivity index (χ0) is 17.9. The third-order valence-corrected chi connectivity index (χ3v) is 5.54. The van der Waals surface area contributed by atoms with Crippen molar-refractivity contribution in [2.75, 3.05) is 5.75 Å². The molecule has 26 heavy (non-hydrogen) atoms. The summed E-state index contributed by atoms with van der Waals surface area (Å²) >= 11 is 1.44. The second kappa shape index (κ2) is 7.45. The van der Waals surface area contributed by atoms with Crippen LogP contribution in [0.5, 0.6) is 0 Å². The molecule has 0 aliphatic heterocycles. The Morgan fingerprint density at radius 1 is 1.15 bits per heavy atom. The summed E-state index contributed by atoms with van der Waals surface area (Å²) in [7, 11) is 0. The minimum absolute atomic E-state index is 0.0753. The second-order valence-corrected chi connectivity index (χ2v) is 7.66. The number of hydrogen-bond acceptors (Lipinski definition) is 5. The molecule has 134 valence electrons. The number of benzene rings is 1. The Morgan fingerprint density at radius 2 is 1.92 bits per heavy atom. The first-order chi connectivity index (χ1) is 12.7. The van der Waals surface area contributed by atoms with E-state index in [4.69, 9.17) is 0 Å². The van der Waals surface area contributed by atoms with E-state index in [9.17, 15) is 4.79 Å². The van der Waals surface area contributed by atoms with Gasteiger partial charge in [-0.2, -0.15) is 9.61 Å². The van der Waals surface area contributed by atoms with Crippen molar-refractivity contribution < 1.29 is 4.79 Å². The number of nitrogens with zero attached hydrogens (tertiary/aromatic N) is 4. The van der Waals surface area contributed by atoms with Crippen LogP contribution in [0.1, 0.15) is 31.2 Å². The Hall–Kier alpha value is -2.41. The monoisotopic (exact) mass is 367 g/mol. The SMILES string of the molecule is Cc1ccc(-c2nnc3ccc(SCC(=O)NC4CCCC4)nn23)cc1. The quantitative estimate of drug-likeness (QED) is 0.701. The van der Waals surface area contributed by atoms with Gasteiger partial charge in [0.2, 0.25) is 5.91 Å². The Labute approximate surface area is 156 Å². The molecule has 6 nitrogen and oxygen atoms in total. The van der Waals surface area contributed by atoms with Crippen LogP contribution in [0.25, 0.3) is 17.0 Å². The maximum atomic E-state index is 12.1. The van der Waals surface area contributed by atoms with Gasteiger partial charge in [0, 0.05) is 11.6 Å². The number of aryl methyl sites for hydroxylation is 1. The van der Waals surface area contributed by atoms with Gasteiger partial charge in [0.1, 0.15) is 5.03 Å². The van der Waals surface area contributed by atoms with Crippen molar-refractivity contribution in [2.24, 2.45) is 0 Å². The van der Waals surface area contributed by atoms with Crippen LogP contribution in [-0.4, -0.2) is 37.5 Å². The molecule has 0 bridgehead atoms. The lowest BCUT2D eigenvalue weighted by atomic mass is 10.1. The number of amides is 1. The van der Waals surface area contributed by atoms with Gasteiger partial charge in [-0.3, -0.25) is 4.79 Å². The first kappa shape index (κ1) is 17.0. The third kappa shape index (κ3) is 3.72. The molecule has 1 aliphatic carbocycles. The molecule has 1 saturated carbocycles. The van der Waals surface area contributed by atoms with Crippen molar-refractivity contribution in [3.8, 4) is 11.4 Å². The molecule has 0 spiro atoms. The molecule has 1 N–H and O–H groups in total. The molecule has 0 radical (unpaired) electrons. The van der Waals surface area contributed by atoms with E-state index in [-0.39, 0.29) is 5.91 Å². The van der Waals surface area contributed by atoms with E-state index in [1.54, 1.807) is 4.52 Å². The van der Waals surface area contributed by atoms with Gasteiger partial charge in [-0.15, -0.1) is 10.2 Å². The van der Waals surface area contributed by atoms with E-state index in [1.807, 2.05) is 36.4 Å². The van der Waals surface area contributed by atoms with E-state index in [2.05, 4.69) is 27.5 Å². The highest BCUT2D eigenvalue weighted by Crippen LogP contribution is 2.22. The predicted molar refractivity (Wildman–Crippen MR) is 102 cm³/mol. The predicted octanol–water partition coefficient (Wildman–Crippen LogP) is 3.25. The lowest BCUT2D eigenvalue weighted by molar-refractivity contribution is -0.119. The zero-order valence-electron chi connectivity index (χ0n) is 14.7. The minimum atomic E-state index is 0.0753. The van der Waals surface area contributed by atoms with Crippen molar-refractivity contribution >= 4 is 23.3 Å². The molecule has 2 heterocycles. The first-order valence-electron chi connectivity index (χ1n) is 8.91. The fourth-order valence-corrected chi connectivity index (χ4v) is 3.88. The minimum Gasteiger partial charge on any atom is -0.353 e. The fourth-order valence-electron chi connectivity index (χ4n) is 3.21. The van der Waals surface area contributed by atoms with Crippen LogP contribution in [0.4, 0.5) is 0 Å². The van der Waals surface area contributed by atoms with Crippen LogP contribution in [0.15, 0.2) is 41.4 Å². The Kier molecular flexibility index (Phi) is 4.88. The first-order valence-corrected chi connectivity index (χ1v) is 9.89. The fraction of sp³-hybridized carbons (Fsp3) is 0.368. The highest BCUT2D eigenvalue weighted by atomic mass is 32.2. The van der Waals surface area contributed by atoms with Gasteiger partial charge in [-0.05, 0) is 31.9 Å². The average Bonchev–Trinajstić information content (AvgIpc) is 3.30. The van der Waals surface area contributed by atoms with Gasteiger partial charge in [0.15, 0.2) is 11.5 Å². The van der Waals surface area contributed by atoms with E-state index >= 15 is 0 Å². The van der Waals surface area contributed by atoms with Gasteiger partial charge in [0.05, 0.1) is 5.75 Å². The Morgan fingerprint density at radius 3 is 2.69 bits per heavy atom. The summed E-state index contributed by atoms with van der Waals surface area (Å²) in [6.45, 7) is 2.05. The summed E-state index contributed by atoms with van der Waals surface area (Å²) in [5.74, 6) is 1.15. The average molecular weight is 367 g/mol. The van der Waals surface area contributed by atoms with Crippen molar-refractivity contribution in [1.82, 2.24) is 25.1 Å². The normalized spacial score (nSPS) is 14.8. The van der Waals surface area contributed by atoms with Crippen LogP contribution in [0, 0.1) is 6.92 Å². The van der Waals surface area contributed by atoms with Crippen molar-refractivity contribution in [1.29, 1.82) is 0 Å². The van der Waals surface area contributed by atoms with Crippen LogP contribution < -0.4 is 5.32 Å². The van der Waals surface area contributed by atoms with E-state index < -0.39 is 0 Å². The Bertz CT molecular complexity index is 915. The summed E-state index contributed by atoms with van der Waals surface area (Å²) in [6.07, 6.45) is 4.62. The van der Waals surface area contributed by atoms with Crippen molar-refractivity contribution in [3.63, 3.8) is 0 Å². The summed E-state index contributed by atoms with van der Waals surface area (Å²) in [4.78, 5) is 12.1. The standard InChI is InChI=1S/C19H21N5OS/c1-13-6-8-14(9-7-13)19-22-21-16-10-11-18(23-24(16)19)26-12-17(25)20-15-4-2-3-5-15/h6-11,15H,2-5,12H2,1H3,(H,20,25). The smallest absolute Gasteiger partial charge is 0.230 e. The lowest BCUT2D eigenvalue weighted by Gasteiger charge is -2.11. The molecule has 0 atom stereocenters. The number of hydrogen-bond donors (Lipinski definition) is 1. The Balaban J connectivity index is 1.48. The maximum absolute atomic E-state index is 12.1. The second-order valence-electron chi connectivity index (χ2n) is 6.67. The van der Waals surface area contributed by atoms with E-state index in [0.29, 0.717) is 23.3 Å². The van der Waals surface area contributed by atoms with E-state index in [1.165, 1.54) is 30.2 Å². The third-order valence-electron chi connectivity index (χ3n) is 4.62. The molecule has 1 aliphatic rings. The topological polar surface area (TPSA) is 72.2 Å². The van der Waals surface area contributed by atoms with Crippen LogP contribution in [0.2, 0.25) is 0 Å². The number of rotatable bonds is 5. The molecule has 0 saturated heterocycles. The maximum Gasteiger partial charge on any atom is 0.230 e. The number of nitrogens with one attached hydrogen (secondary N) is 1. The van der Waals surface area contributed by atoms with Gasteiger partial charge in [-0.1, -0.05) is 54.4 Å². The molecular formula is C19H21N5OS. The highest BCUT2D eigenvalue weighted by Gasteiger charge is 2.17. The molecule has 1 amide bonds. The molecule has 3 aromatic rings. The van der Waals surface area contributed by atoms with Gasteiger partial charge < -0.3 is 5.32 Å². The number of aromatic nitrogens is 4. The van der Waals surface area contributed by atoms with E-state index in [0.717, 1.165) is 23.4 Å².